The van der Waals surface area contributed by atoms with Gasteiger partial charge in [0.25, 0.3) is 0 Å². The third-order valence-corrected chi connectivity index (χ3v) is 5.57. The van der Waals surface area contributed by atoms with E-state index in [0.717, 1.165) is 6.07 Å². The lowest BCUT2D eigenvalue weighted by Crippen LogP contribution is -2.28. The monoisotopic (exact) mass is 466 g/mol. The first kappa shape index (κ1) is 22.1. The molecule has 0 radical (unpaired) electrons. The molecule has 3 heterocycles. The van der Waals surface area contributed by atoms with Crippen LogP contribution in [0.5, 0.6) is 0 Å². The number of hydrogen-bond donors (Lipinski definition) is 2. The van der Waals surface area contributed by atoms with Crippen LogP contribution in [0.4, 0.5) is 34.5 Å². The minimum absolute atomic E-state index is 0.0439. The van der Waals surface area contributed by atoms with Crippen molar-refractivity contribution in [3.05, 3.63) is 41.5 Å². The Morgan fingerprint density at radius 1 is 1.34 bits per heavy atom. The molecule has 4 rings (SSSR count). The Balaban J connectivity index is 1.55. The number of carbonyl (C=O) groups excluding carboxylic acids is 1. The molecular weight excluding hydrogens is 445 g/mol. The largest absolute Gasteiger partial charge is 0.417 e. The summed E-state index contributed by atoms with van der Waals surface area (Å²) < 4.78 is 48.4. The zero-order valence-electron chi connectivity index (χ0n) is 17.1. The number of benzene rings is 1. The van der Waals surface area contributed by atoms with E-state index in [1.807, 2.05) is 6.92 Å². The topological polar surface area (TPSA) is 84.3 Å². The average Bonchev–Trinajstić information content (AvgIpc) is 3.49. The fourth-order valence-corrected chi connectivity index (χ4v) is 4.04. The van der Waals surface area contributed by atoms with Crippen LogP contribution in [0.25, 0.3) is 11.3 Å². The van der Waals surface area contributed by atoms with Crippen LogP contribution in [0, 0.1) is 0 Å². The molecular formula is C20H21F3N6O2S. The molecule has 8 nitrogen and oxygen atoms in total. The van der Waals surface area contributed by atoms with E-state index in [2.05, 4.69) is 20.7 Å². The summed E-state index contributed by atoms with van der Waals surface area (Å²) in [6.07, 6.45) is -1.21. The van der Waals surface area contributed by atoms with Crippen LogP contribution in [0.2, 0.25) is 0 Å². The molecule has 0 spiro atoms. The molecule has 2 aromatic heterocycles. The Kier molecular flexibility index (Phi) is 6.33. The minimum atomic E-state index is -4.60. The van der Waals surface area contributed by atoms with Crippen LogP contribution in [0.1, 0.15) is 12.5 Å². The predicted molar refractivity (Wildman–Crippen MR) is 115 cm³/mol. The standard InChI is InChI=1S/C20H21F3N6O2S/c1-2-31-8-7-28-11-13(10-25-28)26-18-27-17(12-32-18)15-4-3-14(9-16(15)20(21,22)23)29-6-5-24-19(29)30/h3-4,9-12H,2,5-8H2,1H3,(H,24,30)(H,26,27). The Morgan fingerprint density at radius 3 is 2.91 bits per heavy atom. The van der Waals surface area contributed by atoms with Gasteiger partial charge in [0.1, 0.15) is 0 Å². The van der Waals surface area contributed by atoms with E-state index in [4.69, 9.17) is 4.74 Å². The maximum Gasteiger partial charge on any atom is 0.417 e. The molecule has 3 aromatic rings. The van der Waals surface area contributed by atoms with Crippen molar-refractivity contribution in [2.75, 3.05) is 36.5 Å². The highest BCUT2D eigenvalue weighted by Gasteiger charge is 2.35. The highest BCUT2D eigenvalue weighted by molar-refractivity contribution is 7.14. The van der Waals surface area contributed by atoms with Gasteiger partial charge in [0.15, 0.2) is 5.13 Å². The Morgan fingerprint density at radius 2 is 2.19 bits per heavy atom. The average molecular weight is 466 g/mol. The minimum Gasteiger partial charge on any atom is -0.380 e. The molecule has 1 aromatic carbocycles. The first-order valence-electron chi connectivity index (χ1n) is 9.95. The third kappa shape index (κ3) is 4.86. The van der Waals surface area contributed by atoms with Gasteiger partial charge in [-0.15, -0.1) is 11.3 Å². The number of aromatic nitrogens is 3. The molecule has 0 atom stereocenters. The van der Waals surface area contributed by atoms with Crippen molar-refractivity contribution < 1.29 is 22.7 Å². The van der Waals surface area contributed by atoms with E-state index in [1.54, 1.807) is 22.5 Å². The van der Waals surface area contributed by atoms with Crippen LogP contribution < -0.4 is 15.5 Å². The SMILES string of the molecule is CCOCCn1cc(Nc2nc(-c3ccc(N4CCNC4=O)cc3C(F)(F)F)cs2)cn1. The predicted octanol–water partition coefficient (Wildman–Crippen LogP) is 4.34. The van der Waals surface area contributed by atoms with Crippen molar-refractivity contribution in [2.45, 2.75) is 19.6 Å². The Bertz CT molecular complexity index is 1100. The molecule has 0 unspecified atom stereocenters. The zero-order chi connectivity index (χ0) is 22.7. The smallest absolute Gasteiger partial charge is 0.380 e. The quantitative estimate of drug-likeness (QED) is 0.483. The van der Waals surface area contributed by atoms with Crippen molar-refractivity contribution in [1.29, 1.82) is 0 Å². The van der Waals surface area contributed by atoms with Crippen LogP contribution >= 0.6 is 11.3 Å². The number of alkyl halides is 3. The second-order valence-corrected chi connectivity index (χ2v) is 7.82. The van der Waals surface area contributed by atoms with Crippen molar-refractivity contribution >= 4 is 33.9 Å². The number of rotatable bonds is 8. The summed E-state index contributed by atoms with van der Waals surface area (Å²) in [6.45, 7) is 4.38. The van der Waals surface area contributed by atoms with Crippen LogP contribution in [0.3, 0.4) is 0 Å². The molecule has 0 aliphatic carbocycles. The Labute approximate surface area is 186 Å². The van der Waals surface area contributed by atoms with Crippen LogP contribution in [-0.4, -0.2) is 47.1 Å². The summed E-state index contributed by atoms with van der Waals surface area (Å²) in [5, 5.41) is 11.9. The van der Waals surface area contributed by atoms with E-state index < -0.39 is 17.8 Å². The van der Waals surface area contributed by atoms with Gasteiger partial charge in [-0.25, -0.2) is 9.78 Å². The fraction of sp³-hybridized carbons (Fsp3) is 0.350. The van der Waals surface area contributed by atoms with Gasteiger partial charge in [-0.05, 0) is 19.1 Å². The number of ether oxygens (including phenoxy) is 1. The maximum atomic E-state index is 13.8. The lowest BCUT2D eigenvalue weighted by atomic mass is 10.0. The molecule has 2 N–H and O–H groups in total. The molecule has 0 saturated carbocycles. The number of hydrogen-bond acceptors (Lipinski definition) is 6. The molecule has 32 heavy (non-hydrogen) atoms. The molecule has 1 saturated heterocycles. The lowest BCUT2D eigenvalue weighted by Gasteiger charge is -2.18. The van der Waals surface area contributed by atoms with Gasteiger partial charge in [0.2, 0.25) is 0 Å². The van der Waals surface area contributed by atoms with E-state index in [9.17, 15) is 18.0 Å². The van der Waals surface area contributed by atoms with Gasteiger partial charge >= 0.3 is 12.2 Å². The molecule has 1 aliphatic rings. The number of thiazole rings is 1. The first-order valence-corrected chi connectivity index (χ1v) is 10.8. The Hall–Kier alpha value is -3.12. The lowest BCUT2D eigenvalue weighted by molar-refractivity contribution is -0.137. The van der Waals surface area contributed by atoms with Crippen molar-refractivity contribution in [1.82, 2.24) is 20.1 Å². The summed E-state index contributed by atoms with van der Waals surface area (Å²) >= 11 is 1.19. The molecule has 12 heteroatoms. The van der Waals surface area contributed by atoms with Gasteiger partial charge in [0.05, 0.1) is 36.3 Å². The number of carbonyl (C=O) groups is 1. The van der Waals surface area contributed by atoms with Crippen molar-refractivity contribution in [2.24, 2.45) is 0 Å². The van der Waals surface area contributed by atoms with E-state index in [1.165, 1.54) is 28.4 Å². The summed E-state index contributed by atoms with van der Waals surface area (Å²) in [5.41, 5.74) is 0.191. The first-order chi connectivity index (χ1) is 15.3. The van der Waals surface area contributed by atoms with Crippen LogP contribution in [0.15, 0.2) is 36.0 Å². The van der Waals surface area contributed by atoms with Gasteiger partial charge in [-0.1, -0.05) is 6.07 Å². The molecule has 1 aliphatic heterocycles. The summed E-state index contributed by atoms with van der Waals surface area (Å²) in [5.74, 6) is 0. The zero-order valence-corrected chi connectivity index (χ0v) is 18.0. The second kappa shape index (κ2) is 9.17. The van der Waals surface area contributed by atoms with E-state index >= 15 is 0 Å². The third-order valence-electron chi connectivity index (χ3n) is 4.81. The maximum absolute atomic E-state index is 13.8. The highest BCUT2D eigenvalue weighted by atomic mass is 32.1. The fourth-order valence-electron chi connectivity index (χ4n) is 3.31. The second-order valence-electron chi connectivity index (χ2n) is 6.96. The number of nitrogens with zero attached hydrogens (tertiary/aromatic N) is 4. The van der Waals surface area contributed by atoms with Crippen molar-refractivity contribution in [3.63, 3.8) is 0 Å². The van der Waals surface area contributed by atoms with E-state index in [0.29, 0.717) is 43.7 Å². The number of amides is 2. The molecule has 170 valence electrons. The van der Waals surface area contributed by atoms with Gasteiger partial charge in [0, 0.05) is 42.5 Å². The number of anilines is 3. The van der Waals surface area contributed by atoms with Gasteiger partial charge in [-0.2, -0.15) is 18.3 Å². The number of urea groups is 1. The normalized spacial score (nSPS) is 14.1. The van der Waals surface area contributed by atoms with Crippen molar-refractivity contribution in [3.8, 4) is 11.3 Å². The summed E-state index contributed by atoms with van der Waals surface area (Å²) in [4.78, 5) is 17.5. The van der Waals surface area contributed by atoms with Crippen LogP contribution in [-0.2, 0) is 17.5 Å². The number of nitrogens with one attached hydrogen (secondary N) is 2. The summed E-state index contributed by atoms with van der Waals surface area (Å²) in [6, 6.07) is 3.45. The van der Waals surface area contributed by atoms with Gasteiger partial charge < -0.3 is 15.4 Å². The molecule has 1 fully saturated rings. The molecule has 2 amide bonds. The van der Waals surface area contributed by atoms with E-state index in [-0.39, 0.29) is 16.9 Å². The molecule has 0 bridgehead atoms. The summed E-state index contributed by atoms with van der Waals surface area (Å²) in [7, 11) is 0. The highest BCUT2D eigenvalue weighted by Crippen LogP contribution is 2.40. The number of halogens is 3. The van der Waals surface area contributed by atoms with Gasteiger partial charge in [-0.3, -0.25) is 9.58 Å².